The van der Waals surface area contributed by atoms with Crippen LogP contribution in [-0.4, -0.2) is 34.0 Å². The van der Waals surface area contributed by atoms with Gasteiger partial charge in [-0.2, -0.15) is 4.98 Å². The van der Waals surface area contributed by atoms with Crippen LogP contribution < -0.4 is 10.1 Å². The Morgan fingerprint density at radius 3 is 2.77 bits per heavy atom. The quantitative estimate of drug-likeness (QED) is 0.393. The van der Waals surface area contributed by atoms with E-state index < -0.39 is 6.23 Å². The summed E-state index contributed by atoms with van der Waals surface area (Å²) in [5.41, 5.74) is 3.59. The van der Waals surface area contributed by atoms with Gasteiger partial charge in [-0.3, -0.25) is 0 Å². The van der Waals surface area contributed by atoms with Gasteiger partial charge >= 0.3 is 5.97 Å². The van der Waals surface area contributed by atoms with Crippen molar-refractivity contribution in [1.82, 2.24) is 15.2 Å². The topological polar surface area (TPSA) is 86.2 Å². The molecule has 0 spiro atoms. The molecule has 30 heavy (non-hydrogen) atoms. The van der Waals surface area contributed by atoms with Gasteiger partial charge in [0, 0.05) is 27.0 Å². The van der Waals surface area contributed by atoms with Crippen molar-refractivity contribution in [1.29, 1.82) is 0 Å². The van der Waals surface area contributed by atoms with E-state index in [2.05, 4.69) is 43.4 Å². The Kier molecular flexibility index (Phi) is 6.19. The minimum Gasteiger partial charge on any atom is -0.465 e. The highest BCUT2D eigenvalue weighted by atomic mass is 79.9. The van der Waals surface area contributed by atoms with Gasteiger partial charge in [0.1, 0.15) is 0 Å². The van der Waals surface area contributed by atoms with Crippen LogP contribution >= 0.6 is 27.7 Å². The Bertz CT molecular complexity index is 1080. The summed E-state index contributed by atoms with van der Waals surface area (Å²) in [5.74, 6) is 0.931. The maximum atomic E-state index is 11.7. The van der Waals surface area contributed by atoms with Crippen molar-refractivity contribution in [3.05, 3.63) is 58.1 Å². The number of benzene rings is 2. The summed E-state index contributed by atoms with van der Waals surface area (Å²) in [6.07, 6.45) is 0.497. The van der Waals surface area contributed by atoms with Gasteiger partial charge in [-0.25, -0.2) is 4.79 Å². The maximum absolute atomic E-state index is 11.7. The van der Waals surface area contributed by atoms with Crippen molar-refractivity contribution in [2.45, 2.75) is 24.7 Å². The van der Waals surface area contributed by atoms with E-state index in [4.69, 9.17) is 9.47 Å². The number of halogens is 1. The Labute approximate surface area is 186 Å². The molecule has 0 saturated carbocycles. The third-order valence-corrected chi connectivity index (χ3v) is 5.99. The molecule has 0 fully saturated rings. The molecule has 1 aliphatic rings. The third kappa shape index (κ3) is 4.27. The van der Waals surface area contributed by atoms with Gasteiger partial charge in [-0.15, -0.1) is 10.2 Å². The first-order valence-corrected chi connectivity index (χ1v) is 11.2. The second-order valence-corrected chi connectivity index (χ2v) is 8.52. The molecule has 3 aromatic rings. The van der Waals surface area contributed by atoms with Crippen molar-refractivity contribution < 1.29 is 14.3 Å². The average Bonchev–Trinajstić information content (AvgIpc) is 2.93. The number of hydrogen-bond donors (Lipinski definition) is 1. The largest absolute Gasteiger partial charge is 0.465 e. The third-order valence-electron chi connectivity index (χ3n) is 4.46. The first kappa shape index (κ1) is 20.6. The normalized spacial score (nSPS) is 14.6. The number of nitrogens with zero attached hydrogens (tertiary/aromatic N) is 3. The SMILES string of the molecule is CCCSc1nnc2c(n1)OC(c1ccc(C(=O)OC)cc1)Nc1ccc(Br)cc1-2. The van der Waals surface area contributed by atoms with Crippen LogP contribution in [0.25, 0.3) is 11.3 Å². The number of aromatic nitrogens is 3. The fourth-order valence-electron chi connectivity index (χ4n) is 2.99. The first-order valence-electron chi connectivity index (χ1n) is 9.38. The molecular formula is C21H19BrN4O3S. The van der Waals surface area contributed by atoms with E-state index in [9.17, 15) is 4.79 Å². The van der Waals surface area contributed by atoms with E-state index in [1.54, 1.807) is 23.9 Å². The zero-order valence-electron chi connectivity index (χ0n) is 16.4. The number of carbonyl (C=O) groups excluding carboxylic acids is 1. The number of rotatable bonds is 5. The van der Waals surface area contributed by atoms with Crippen molar-refractivity contribution in [2.75, 3.05) is 18.2 Å². The van der Waals surface area contributed by atoms with Gasteiger partial charge in [0.2, 0.25) is 11.0 Å². The smallest absolute Gasteiger partial charge is 0.337 e. The van der Waals surface area contributed by atoms with E-state index in [-0.39, 0.29) is 5.97 Å². The molecule has 0 radical (unpaired) electrons. The zero-order chi connectivity index (χ0) is 21.1. The Balaban J connectivity index is 1.75. The van der Waals surface area contributed by atoms with Crippen molar-refractivity contribution in [3.8, 4) is 17.1 Å². The molecule has 154 valence electrons. The highest BCUT2D eigenvalue weighted by molar-refractivity contribution is 9.10. The summed E-state index contributed by atoms with van der Waals surface area (Å²) >= 11 is 5.06. The predicted molar refractivity (Wildman–Crippen MR) is 119 cm³/mol. The van der Waals surface area contributed by atoms with E-state index in [1.807, 2.05) is 30.3 Å². The van der Waals surface area contributed by atoms with Gasteiger partial charge in [0.15, 0.2) is 11.9 Å². The molecule has 0 bridgehead atoms. The van der Waals surface area contributed by atoms with E-state index in [0.29, 0.717) is 22.3 Å². The minimum absolute atomic E-state index is 0.383. The number of hydrogen-bond acceptors (Lipinski definition) is 8. The lowest BCUT2D eigenvalue weighted by Gasteiger charge is -2.19. The van der Waals surface area contributed by atoms with Crippen LogP contribution in [0.5, 0.6) is 5.88 Å². The number of fused-ring (bicyclic) bond motifs is 3. The number of nitrogens with one attached hydrogen (secondary N) is 1. The van der Waals surface area contributed by atoms with Gasteiger partial charge < -0.3 is 14.8 Å². The van der Waals surface area contributed by atoms with E-state index >= 15 is 0 Å². The molecule has 1 N–H and O–H groups in total. The first-order chi connectivity index (χ1) is 14.6. The van der Waals surface area contributed by atoms with Crippen LogP contribution in [0.4, 0.5) is 5.69 Å². The minimum atomic E-state index is -0.515. The average molecular weight is 487 g/mol. The van der Waals surface area contributed by atoms with Crippen LogP contribution in [0.15, 0.2) is 52.1 Å². The van der Waals surface area contributed by atoms with E-state index in [1.165, 1.54) is 7.11 Å². The van der Waals surface area contributed by atoms with Gasteiger partial charge in [0.25, 0.3) is 0 Å². The standard InChI is InChI=1S/C21H19BrN4O3S/c1-3-10-30-21-24-19-17(25-26-21)15-11-14(22)8-9-16(15)23-18(29-19)12-4-6-13(7-5-12)20(27)28-2/h4-9,11,18,23H,3,10H2,1-2H3. The monoisotopic (exact) mass is 486 g/mol. The van der Waals surface area contributed by atoms with Gasteiger partial charge in [-0.05, 0) is 36.8 Å². The summed E-state index contributed by atoms with van der Waals surface area (Å²) in [4.78, 5) is 16.3. The van der Waals surface area contributed by atoms with Crippen molar-refractivity contribution in [2.24, 2.45) is 0 Å². The molecular weight excluding hydrogens is 468 g/mol. The number of carbonyl (C=O) groups is 1. The fourth-order valence-corrected chi connectivity index (χ4v) is 3.98. The van der Waals surface area contributed by atoms with Crippen LogP contribution in [0.2, 0.25) is 0 Å². The molecule has 2 heterocycles. The lowest BCUT2D eigenvalue weighted by molar-refractivity contribution is 0.0600. The maximum Gasteiger partial charge on any atom is 0.337 e. The van der Waals surface area contributed by atoms with Crippen LogP contribution in [0, 0.1) is 0 Å². The molecule has 4 rings (SSSR count). The second kappa shape index (κ2) is 9.01. The molecule has 0 saturated heterocycles. The highest BCUT2D eigenvalue weighted by Crippen LogP contribution is 2.40. The van der Waals surface area contributed by atoms with Crippen molar-refractivity contribution >= 4 is 39.3 Å². The second-order valence-electron chi connectivity index (χ2n) is 6.54. The molecule has 0 aliphatic carbocycles. The van der Waals surface area contributed by atoms with Gasteiger partial charge in [-0.1, -0.05) is 46.7 Å². The summed E-state index contributed by atoms with van der Waals surface area (Å²) in [6, 6.07) is 12.9. The number of anilines is 1. The number of ether oxygens (including phenoxy) is 2. The molecule has 2 aromatic carbocycles. The Hall–Kier alpha value is -2.65. The molecule has 0 amide bonds. The number of methoxy groups -OCH3 is 1. The fraction of sp³-hybridized carbons (Fsp3) is 0.238. The van der Waals surface area contributed by atoms with E-state index in [0.717, 1.165) is 33.5 Å². The molecule has 1 aliphatic heterocycles. The highest BCUT2D eigenvalue weighted by Gasteiger charge is 2.26. The lowest BCUT2D eigenvalue weighted by Crippen LogP contribution is -2.17. The van der Waals surface area contributed by atoms with Crippen LogP contribution in [0.1, 0.15) is 35.5 Å². The number of thioether (sulfide) groups is 1. The molecule has 9 heteroatoms. The number of esters is 1. The summed E-state index contributed by atoms with van der Waals surface area (Å²) in [7, 11) is 1.36. The summed E-state index contributed by atoms with van der Waals surface area (Å²) in [5, 5.41) is 12.7. The molecule has 1 atom stereocenters. The summed E-state index contributed by atoms with van der Waals surface area (Å²) in [6.45, 7) is 2.10. The summed E-state index contributed by atoms with van der Waals surface area (Å²) < 4.78 is 11.9. The predicted octanol–water partition coefficient (Wildman–Crippen LogP) is 5.09. The molecule has 1 aromatic heterocycles. The lowest BCUT2D eigenvalue weighted by atomic mass is 10.1. The zero-order valence-corrected chi connectivity index (χ0v) is 18.8. The molecule has 7 nitrogen and oxygen atoms in total. The van der Waals surface area contributed by atoms with Crippen LogP contribution in [0.3, 0.4) is 0 Å². The Morgan fingerprint density at radius 2 is 2.03 bits per heavy atom. The Morgan fingerprint density at radius 1 is 1.23 bits per heavy atom. The van der Waals surface area contributed by atoms with Gasteiger partial charge in [0.05, 0.1) is 12.7 Å². The van der Waals surface area contributed by atoms with Crippen LogP contribution in [-0.2, 0) is 4.74 Å². The molecule has 1 unspecified atom stereocenters. The van der Waals surface area contributed by atoms with Crippen molar-refractivity contribution in [3.63, 3.8) is 0 Å².